The molecule has 1 aromatic heterocycles. The van der Waals surface area contributed by atoms with Crippen molar-refractivity contribution in [2.75, 3.05) is 0 Å². The van der Waals surface area contributed by atoms with Gasteiger partial charge in [-0.1, -0.05) is 13.0 Å². The Bertz CT molecular complexity index is 594. The summed E-state index contributed by atoms with van der Waals surface area (Å²) in [5, 5.41) is 0. The highest BCUT2D eigenvalue weighted by atomic mass is 19.1. The standard InChI is InChI=1S/C15H13F2NO/c1-2-10-3-5-12(18-9-10)8-15(19)13-7-11(16)4-6-14(13)17/h3-7,9H,2,8H2,1H3. The maximum absolute atomic E-state index is 13.4. The van der Waals surface area contributed by atoms with Gasteiger partial charge in [0.25, 0.3) is 0 Å². The SMILES string of the molecule is CCc1ccc(CC(=O)c2cc(F)ccc2F)nc1. The molecule has 0 aliphatic carbocycles. The summed E-state index contributed by atoms with van der Waals surface area (Å²) in [5.74, 6) is -1.82. The summed E-state index contributed by atoms with van der Waals surface area (Å²) in [7, 11) is 0. The summed E-state index contributed by atoms with van der Waals surface area (Å²) in [6.07, 6.45) is 2.51. The second-order valence-electron chi connectivity index (χ2n) is 4.24. The van der Waals surface area contributed by atoms with Gasteiger partial charge in [0.1, 0.15) is 11.6 Å². The van der Waals surface area contributed by atoms with Gasteiger partial charge < -0.3 is 0 Å². The van der Waals surface area contributed by atoms with Crippen molar-refractivity contribution >= 4 is 5.78 Å². The fraction of sp³-hybridized carbons (Fsp3) is 0.200. The zero-order chi connectivity index (χ0) is 13.8. The normalized spacial score (nSPS) is 10.5. The van der Waals surface area contributed by atoms with Crippen molar-refractivity contribution in [1.82, 2.24) is 4.98 Å². The Balaban J connectivity index is 2.18. The van der Waals surface area contributed by atoms with Crippen molar-refractivity contribution in [1.29, 1.82) is 0 Å². The molecule has 0 atom stereocenters. The average Bonchev–Trinajstić information content (AvgIpc) is 2.42. The predicted octanol–water partition coefficient (Wildman–Crippen LogP) is 3.35. The Hall–Kier alpha value is -2.10. The maximum atomic E-state index is 13.4. The Morgan fingerprint density at radius 1 is 1.21 bits per heavy atom. The molecule has 0 fully saturated rings. The molecule has 0 radical (unpaired) electrons. The number of Topliss-reactive ketones (excluding diaryl/α,β-unsaturated/α-hetero) is 1. The molecule has 2 aromatic rings. The van der Waals surface area contributed by atoms with Gasteiger partial charge in [-0.15, -0.1) is 0 Å². The van der Waals surface area contributed by atoms with Gasteiger partial charge in [-0.2, -0.15) is 0 Å². The summed E-state index contributed by atoms with van der Waals surface area (Å²) in [6, 6.07) is 6.46. The second-order valence-corrected chi connectivity index (χ2v) is 4.24. The van der Waals surface area contributed by atoms with Gasteiger partial charge in [0, 0.05) is 11.9 Å². The highest BCUT2D eigenvalue weighted by Gasteiger charge is 2.14. The molecular weight excluding hydrogens is 248 g/mol. The molecule has 2 nitrogen and oxygen atoms in total. The number of halogens is 2. The summed E-state index contributed by atoms with van der Waals surface area (Å²) < 4.78 is 26.4. The third kappa shape index (κ3) is 3.22. The molecule has 1 aromatic carbocycles. The number of ketones is 1. The van der Waals surface area contributed by atoms with Crippen LogP contribution in [0.4, 0.5) is 8.78 Å². The molecule has 0 saturated carbocycles. The Morgan fingerprint density at radius 3 is 2.63 bits per heavy atom. The number of rotatable bonds is 4. The van der Waals surface area contributed by atoms with Crippen LogP contribution < -0.4 is 0 Å². The van der Waals surface area contributed by atoms with Crippen LogP contribution in [0.3, 0.4) is 0 Å². The zero-order valence-electron chi connectivity index (χ0n) is 10.5. The number of nitrogens with zero attached hydrogens (tertiary/aromatic N) is 1. The van der Waals surface area contributed by atoms with Crippen LogP contribution in [-0.4, -0.2) is 10.8 Å². The number of hydrogen-bond acceptors (Lipinski definition) is 2. The Morgan fingerprint density at radius 2 is 2.00 bits per heavy atom. The number of aromatic nitrogens is 1. The first-order chi connectivity index (χ1) is 9.10. The molecule has 0 spiro atoms. The third-order valence-electron chi connectivity index (χ3n) is 2.86. The second kappa shape index (κ2) is 5.69. The van der Waals surface area contributed by atoms with E-state index in [1.54, 1.807) is 12.3 Å². The quantitative estimate of drug-likeness (QED) is 0.790. The maximum Gasteiger partial charge on any atom is 0.171 e. The van der Waals surface area contributed by atoms with Gasteiger partial charge in [0.2, 0.25) is 0 Å². The fourth-order valence-corrected chi connectivity index (χ4v) is 1.74. The third-order valence-corrected chi connectivity index (χ3v) is 2.86. The molecule has 2 rings (SSSR count). The van der Waals surface area contributed by atoms with Crippen LogP contribution in [0.2, 0.25) is 0 Å². The monoisotopic (exact) mass is 261 g/mol. The number of benzene rings is 1. The van der Waals surface area contributed by atoms with E-state index in [2.05, 4.69) is 4.98 Å². The first-order valence-corrected chi connectivity index (χ1v) is 6.02. The van der Waals surface area contributed by atoms with Gasteiger partial charge in [0.05, 0.1) is 12.0 Å². The Labute approximate surface area is 110 Å². The summed E-state index contributed by atoms with van der Waals surface area (Å²) in [4.78, 5) is 16.0. The zero-order valence-corrected chi connectivity index (χ0v) is 10.5. The van der Waals surface area contributed by atoms with Crippen molar-refractivity contribution in [2.45, 2.75) is 19.8 Å². The van der Waals surface area contributed by atoms with Crippen LogP contribution in [0, 0.1) is 11.6 Å². The van der Waals surface area contributed by atoms with Crippen LogP contribution >= 0.6 is 0 Å². The molecule has 4 heteroatoms. The van der Waals surface area contributed by atoms with E-state index >= 15 is 0 Å². The molecule has 0 amide bonds. The number of carbonyl (C=O) groups excluding carboxylic acids is 1. The van der Waals surface area contributed by atoms with Crippen LogP contribution in [-0.2, 0) is 12.8 Å². The van der Waals surface area contributed by atoms with Crippen molar-refractivity contribution < 1.29 is 13.6 Å². The lowest BCUT2D eigenvalue weighted by Crippen LogP contribution is -2.08. The summed E-state index contributed by atoms with van der Waals surface area (Å²) >= 11 is 0. The van der Waals surface area contributed by atoms with E-state index in [4.69, 9.17) is 0 Å². The highest BCUT2D eigenvalue weighted by Crippen LogP contribution is 2.13. The van der Waals surface area contributed by atoms with E-state index in [0.717, 1.165) is 30.2 Å². The molecule has 0 unspecified atom stereocenters. The number of carbonyl (C=O) groups is 1. The van der Waals surface area contributed by atoms with Gasteiger partial charge in [-0.05, 0) is 36.2 Å². The van der Waals surface area contributed by atoms with E-state index in [1.165, 1.54) is 0 Å². The van der Waals surface area contributed by atoms with Gasteiger partial charge in [0.15, 0.2) is 5.78 Å². The predicted molar refractivity (Wildman–Crippen MR) is 68.0 cm³/mol. The fourth-order valence-electron chi connectivity index (χ4n) is 1.74. The van der Waals surface area contributed by atoms with Crippen molar-refractivity contribution in [3.8, 4) is 0 Å². The van der Waals surface area contributed by atoms with Gasteiger partial charge >= 0.3 is 0 Å². The molecule has 0 N–H and O–H groups in total. The average molecular weight is 261 g/mol. The van der Waals surface area contributed by atoms with E-state index in [0.29, 0.717) is 5.69 Å². The molecule has 98 valence electrons. The lowest BCUT2D eigenvalue weighted by atomic mass is 10.0. The lowest BCUT2D eigenvalue weighted by molar-refractivity contribution is 0.0987. The molecule has 0 saturated heterocycles. The van der Waals surface area contributed by atoms with Crippen molar-refractivity contribution in [2.24, 2.45) is 0 Å². The number of hydrogen-bond donors (Lipinski definition) is 0. The van der Waals surface area contributed by atoms with E-state index in [1.807, 2.05) is 13.0 Å². The summed E-state index contributed by atoms with van der Waals surface area (Å²) in [6.45, 7) is 2.00. The van der Waals surface area contributed by atoms with Gasteiger partial charge in [-0.3, -0.25) is 9.78 Å². The first-order valence-electron chi connectivity index (χ1n) is 6.02. The minimum Gasteiger partial charge on any atom is -0.294 e. The van der Waals surface area contributed by atoms with Crippen molar-refractivity contribution in [3.63, 3.8) is 0 Å². The van der Waals surface area contributed by atoms with Crippen LogP contribution in [0.25, 0.3) is 0 Å². The van der Waals surface area contributed by atoms with Gasteiger partial charge in [-0.25, -0.2) is 8.78 Å². The minimum absolute atomic E-state index is 0.0373. The van der Waals surface area contributed by atoms with Crippen LogP contribution in [0.1, 0.15) is 28.5 Å². The minimum atomic E-state index is -0.712. The highest BCUT2D eigenvalue weighted by molar-refractivity contribution is 5.97. The molecule has 0 bridgehead atoms. The summed E-state index contributed by atoms with van der Waals surface area (Å²) in [5.41, 5.74) is 1.38. The number of pyridine rings is 1. The van der Waals surface area contributed by atoms with Crippen LogP contribution in [0.5, 0.6) is 0 Å². The molecule has 19 heavy (non-hydrogen) atoms. The first kappa shape index (κ1) is 13.3. The van der Waals surface area contributed by atoms with E-state index in [9.17, 15) is 13.6 Å². The smallest absolute Gasteiger partial charge is 0.171 e. The molecule has 0 aliphatic heterocycles. The molecule has 1 heterocycles. The van der Waals surface area contributed by atoms with Crippen LogP contribution in [0.15, 0.2) is 36.5 Å². The van der Waals surface area contributed by atoms with E-state index < -0.39 is 17.4 Å². The largest absolute Gasteiger partial charge is 0.294 e. The molecule has 0 aliphatic rings. The molecular formula is C15H13F2NO. The number of aryl methyl sites for hydroxylation is 1. The lowest BCUT2D eigenvalue weighted by Gasteiger charge is -2.03. The Kier molecular flexibility index (Phi) is 4.00. The van der Waals surface area contributed by atoms with E-state index in [-0.39, 0.29) is 12.0 Å². The van der Waals surface area contributed by atoms with Crippen molar-refractivity contribution in [3.05, 3.63) is 65.0 Å². The topological polar surface area (TPSA) is 30.0 Å².